The van der Waals surface area contributed by atoms with E-state index in [4.69, 9.17) is 9.47 Å². The van der Waals surface area contributed by atoms with Gasteiger partial charge in [-0.2, -0.15) is 0 Å². The van der Waals surface area contributed by atoms with E-state index in [1.807, 2.05) is 14.0 Å². The van der Waals surface area contributed by atoms with Crippen molar-refractivity contribution in [2.45, 2.75) is 45.1 Å². The molecule has 0 bridgehead atoms. The van der Waals surface area contributed by atoms with Crippen LogP contribution in [0, 0.1) is 0 Å². The molecular weight excluding hydrogens is 218 g/mol. The van der Waals surface area contributed by atoms with Crippen LogP contribution in [-0.4, -0.2) is 50.7 Å². The third-order valence-electron chi connectivity index (χ3n) is 2.94. The van der Waals surface area contributed by atoms with Gasteiger partial charge in [-0.15, -0.1) is 0 Å². The second-order valence-corrected chi connectivity index (χ2v) is 4.65. The average Bonchev–Trinajstić information content (AvgIpc) is 2.36. The summed E-state index contributed by atoms with van der Waals surface area (Å²) in [5.41, 5.74) is -0.149. The lowest BCUT2D eigenvalue weighted by molar-refractivity contribution is 0.0456. The van der Waals surface area contributed by atoms with Gasteiger partial charge in [0, 0.05) is 18.8 Å². The Kier molecular flexibility index (Phi) is 10.9. The summed E-state index contributed by atoms with van der Waals surface area (Å²) in [5, 5.41) is 12.3. The molecule has 0 saturated carbocycles. The molecule has 0 radical (unpaired) electrons. The van der Waals surface area contributed by atoms with Gasteiger partial charge >= 0.3 is 0 Å². The van der Waals surface area contributed by atoms with E-state index in [-0.39, 0.29) is 12.1 Å². The van der Waals surface area contributed by atoms with Gasteiger partial charge < -0.3 is 19.9 Å². The Balaban J connectivity index is 3.23. The van der Waals surface area contributed by atoms with Crippen LogP contribution in [0.15, 0.2) is 0 Å². The molecule has 0 spiro atoms. The monoisotopic (exact) mass is 247 g/mol. The Morgan fingerprint density at radius 1 is 1.06 bits per heavy atom. The predicted octanol–water partition coefficient (Wildman–Crippen LogP) is 1.57. The fourth-order valence-corrected chi connectivity index (χ4v) is 1.47. The summed E-state index contributed by atoms with van der Waals surface area (Å²) in [4.78, 5) is 0. The minimum atomic E-state index is -0.149. The first-order valence-electron chi connectivity index (χ1n) is 6.64. The highest BCUT2D eigenvalue weighted by Gasteiger charge is 2.19. The van der Waals surface area contributed by atoms with Gasteiger partial charge in [-0.05, 0) is 39.7 Å². The molecule has 4 heteroatoms. The number of likely N-dealkylation sites (N-methyl/N-ethyl adjacent to an activating group) is 1. The number of nitrogens with one attached hydrogen (secondary N) is 1. The van der Waals surface area contributed by atoms with E-state index in [1.165, 1.54) is 0 Å². The summed E-state index contributed by atoms with van der Waals surface area (Å²) >= 11 is 0. The summed E-state index contributed by atoms with van der Waals surface area (Å²) in [5.74, 6) is 0. The summed E-state index contributed by atoms with van der Waals surface area (Å²) in [6.07, 6.45) is 4.12. The zero-order valence-electron chi connectivity index (χ0n) is 11.6. The van der Waals surface area contributed by atoms with Crippen LogP contribution in [0.5, 0.6) is 0 Å². The lowest BCUT2D eigenvalue weighted by atomic mass is 9.96. The normalized spacial score (nSPS) is 14.8. The van der Waals surface area contributed by atoms with Gasteiger partial charge in [0.1, 0.15) is 0 Å². The number of hydrogen-bond acceptors (Lipinski definition) is 4. The van der Waals surface area contributed by atoms with Crippen molar-refractivity contribution in [3.63, 3.8) is 0 Å². The lowest BCUT2D eigenvalue weighted by Gasteiger charge is -2.26. The van der Waals surface area contributed by atoms with Crippen LogP contribution in [0.4, 0.5) is 0 Å². The Labute approximate surface area is 106 Å². The van der Waals surface area contributed by atoms with E-state index in [9.17, 15) is 5.11 Å². The summed E-state index contributed by atoms with van der Waals surface area (Å²) in [6, 6.07) is 0. The van der Waals surface area contributed by atoms with E-state index >= 15 is 0 Å². The molecule has 104 valence electrons. The lowest BCUT2D eigenvalue weighted by Crippen LogP contribution is -2.43. The predicted molar refractivity (Wildman–Crippen MR) is 70.3 cm³/mol. The van der Waals surface area contributed by atoms with E-state index in [0.717, 1.165) is 38.9 Å². The van der Waals surface area contributed by atoms with Gasteiger partial charge in [0.25, 0.3) is 0 Å². The molecule has 0 aliphatic rings. The molecule has 1 unspecified atom stereocenters. The molecule has 4 nitrogen and oxygen atoms in total. The van der Waals surface area contributed by atoms with Crippen LogP contribution < -0.4 is 5.32 Å². The maximum absolute atomic E-state index is 9.20. The van der Waals surface area contributed by atoms with Crippen LogP contribution in [0.2, 0.25) is 0 Å². The summed E-state index contributed by atoms with van der Waals surface area (Å²) in [7, 11) is 1.89. The first kappa shape index (κ1) is 16.8. The van der Waals surface area contributed by atoms with Gasteiger partial charge in [-0.1, -0.05) is 6.92 Å². The highest BCUT2D eigenvalue weighted by Crippen LogP contribution is 2.12. The maximum Gasteiger partial charge on any atom is 0.0700 e. The summed E-state index contributed by atoms with van der Waals surface area (Å²) in [6.45, 7) is 7.28. The molecule has 0 rings (SSSR count). The number of rotatable bonds is 12. The average molecular weight is 247 g/mol. The number of unbranched alkanes of at least 4 members (excludes halogenated alkanes) is 1. The van der Waals surface area contributed by atoms with Crippen LogP contribution in [-0.2, 0) is 9.47 Å². The van der Waals surface area contributed by atoms with Gasteiger partial charge in [-0.25, -0.2) is 0 Å². The van der Waals surface area contributed by atoms with Gasteiger partial charge in [-0.3, -0.25) is 0 Å². The third-order valence-corrected chi connectivity index (χ3v) is 2.94. The molecule has 2 N–H and O–H groups in total. The molecule has 0 aromatic heterocycles. The molecule has 17 heavy (non-hydrogen) atoms. The Bertz CT molecular complexity index is 161. The third kappa shape index (κ3) is 9.53. The number of aliphatic hydroxyl groups excluding tert-OH is 1. The van der Waals surface area contributed by atoms with Gasteiger partial charge in [0.2, 0.25) is 0 Å². The quantitative estimate of drug-likeness (QED) is 0.514. The Morgan fingerprint density at radius 3 is 2.24 bits per heavy atom. The second-order valence-electron chi connectivity index (χ2n) is 4.65. The fourth-order valence-electron chi connectivity index (χ4n) is 1.47. The van der Waals surface area contributed by atoms with Crippen molar-refractivity contribution in [3.05, 3.63) is 0 Å². The van der Waals surface area contributed by atoms with E-state index in [0.29, 0.717) is 13.2 Å². The standard InChI is InChI=1S/C13H29NO3/c1-4-8-16-10-11-17-9-6-5-7-13(2,12-15)14-3/h14-15H,4-12H2,1-3H3. The van der Waals surface area contributed by atoms with Crippen molar-refractivity contribution in [2.75, 3.05) is 40.1 Å². The molecule has 0 aromatic rings. The molecule has 0 heterocycles. The zero-order valence-corrected chi connectivity index (χ0v) is 11.6. The number of aliphatic hydroxyl groups is 1. The molecule has 0 saturated heterocycles. The largest absolute Gasteiger partial charge is 0.394 e. The minimum absolute atomic E-state index is 0.149. The molecule has 0 aromatic carbocycles. The minimum Gasteiger partial charge on any atom is -0.394 e. The van der Waals surface area contributed by atoms with E-state index < -0.39 is 0 Å². The Hall–Kier alpha value is -0.160. The first-order chi connectivity index (χ1) is 8.18. The molecule has 0 amide bonds. The zero-order chi connectivity index (χ0) is 13.0. The van der Waals surface area contributed by atoms with Crippen LogP contribution in [0.1, 0.15) is 39.5 Å². The number of hydrogen-bond donors (Lipinski definition) is 2. The van der Waals surface area contributed by atoms with Crippen molar-refractivity contribution in [1.29, 1.82) is 0 Å². The van der Waals surface area contributed by atoms with E-state index in [2.05, 4.69) is 12.2 Å². The highest BCUT2D eigenvalue weighted by atomic mass is 16.5. The van der Waals surface area contributed by atoms with Crippen LogP contribution in [0.3, 0.4) is 0 Å². The smallest absolute Gasteiger partial charge is 0.0700 e. The highest BCUT2D eigenvalue weighted by molar-refractivity contribution is 4.79. The first-order valence-corrected chi connectivity index (χ1v) is 6.64. The fraction of sp³-hybridized carbons (Fsp3) is 1.00. The van der Waals surface area contributed by atoms with Crippen molar-refractivity contribution >= 4 is 0 Å². The second kappa shape index (κ2) is 11.0. The molecule has 0 aliphatic carbocycles. The van der Waals surface area contributed by atoms with E-state index in [1.54, 1.807) is 0 Å². The van der Waals surface area contributed by atoms with Crippen molar-refractivity contribution < 1.29 is 14.6 Å². The van der Waals surface area contributed by atoms with Gasteiger partial charge in [0.15, 0.2) is 0 Å². The van der Waals surface area contributed by atoms with Crippen molar-refractivity contribution in [2.24, 2.45) is 0 Å². The van der Waals surface area contributed by atoms with Gasteiger partial charge in [0.05, 0.1) is 19.8 Å². The topological polar surface area (TPSA) is 50.7 Å². The summed E-state index contributed by atoms with van der Waals surface area (Å²) < 4.78 is 10.8. The van der Waals surface area contributed by atoms with Crippen LogP contribution >= 0.6 is 0 Å². The Morgan fingerprint density at radius 2 is 1.71 bits per heavy atom. The maximum atomic E-state index is 9.20. The molecule has 0 fully saturated rings. The number of ether oxygens (including phenoxy) is 2. The molecule has 1 atom stereocenters. The molecule has 0 aliphatic heterocycles. The van der Waals surface area contributed by atoms with Crippen molar-refractivity contribution in [3.8, 4) is 0 Å². The van der Waals surface area contributed by atoms with Crippen LogP contribution in [0.25, 0.3) is 0 Å². The molecular formula is C13H29NO3. The van der Waals surface area contributed by atoms with Crippen molar-refractivity contribution in [1.82, 2.24) is 5.32 Å². The SMILES string of the molecule is CCCOCCOCCCCC(C)(CO)NC.